The van der Waals surface area contributed by atoms with Gasteiger partial charge in [-0.15, -0.1) is 0 Å². The first kappa shape index (κ1) is 31.5. The Morgan fingerprint density at radius 2 is 1.59 bits per heavy atom. The zero-order valence-electron chi connectivity index (χ0n) is 24.4. The monoisotopic (exact) mass is 649 g/mol. The summed E-state index contributed by atoms with van der Waals surface area (Å²) in [5.41, 5.74) is -1.47. The van der Waals surface area contributed by atoms with Crippen molar-refractivity contribution in [1.29, 1.82) is 0 Å². The summed E-state index contributed by atoms with van der Waals surface area (Å²) in [4.78, 5) is 32.4. The lowest BCUT2D eigenvalue weighted by Gasteiger charge is -2.33. The quantitative estimate of drug-likeness (QED) is 0.258. The van der Waals surface area contributed by atoms with Gasteiger partial charge in [0.2, 0.25) is 0 Å². The molecule has 1 aliphatic carbocycles. The average molecular weight is 650 g/mol. The molecule has 3 heterocycles. The number of rotatable bonds is 7. The van der Waals surface area contributed by atoms with E-state index >= 15 is 0 Å². The molecule has 3 aromatic rings. The van der Waals surface area contributed by atoms with Crippen LogP contribution >= 0.6 is 0 Å². The number of hydrogen-bond donors (Lipinski definition) is 2. The number of benzene rings is 2. The summed E-state index contributed by atoms with van der Waals surface area (Å²) >= 11 is 0. The Kier molecular flexibility index (Phi) is 7.80. The maximum atomic E-state index is 13.6. The normalized spacial score (nSPS) is 23.2. The number of halogens is 6. The molecule has 0 unspecified atom stereocenters. The fourth-order valence-corrected chi connectivity index (χ4v) is 6.16. The van der Waals surface area contributed by atoms with E-state index in [9.17, 15) is 46.1 Å². The smallest absolute Gasteiger partial charge is 0.416 e. The molecule has 2 saturated heterocycles. The molecule has 2 aliphatic heterocycles. The number of amides is 1. The van der Waals surface area contributed by atoms with E-state index in [-0.39, 0.29) is 24.3 Å². The van der Waals surface area contributed by atoms with E-state index in [1.807, 2.05) is 4.90 Å². The molecule has 244 valence electrons. The van der Waals surface area contributed by atoms with Gasteiger partial charge >= 0.3 is 24.4 Å². The number of aliphatic carboxylic acids is 1. The summed E-state index contributed by atoms with van der Waals surface area (Å²) in [5, 5.41) is 20.2. The van der Waals surface area contributed by atoms with Gasteiger partial charge in [-0.05, 0) is 85.7 Å². The number of phenols is 1. The molecule has 6 rings (SSSR count). The summed E-state index contributed by atoms with van der Waals surface area (Å²) in [6.07, 6.45) is -10.7. The van der Waals surface area contributed by atoms with Gasteiger partial charge in [-0.1, -0.05) is 6.07 Å². The van der Waals surface area contributed by atoms with Gasteiger partial charge in [0, 0.05) is 24.2 Å². The molecule has 46 heavy (non-hydrogen) atoms. The highest BCUT2D eigenvalue weighted by Crippen LogP contribution is 2.45. The molecule has 0 bridgehead atoms. The molecule has 3 aliphatic rings. The molecule has 1 saturated carbocycles. The highest BCUT2D eigenvalue weighted by Gasteiger charge is 2.44. The Balaban J connectivity index is 1.34. The zero-order chi connectivity index (χ0) is 33.1. The van der Waals surface area contributed by atoms with Crippen LogP contribution < -0.4 is 4.90 Å². The molecule has 2 aromatic carbocycles. The minimum Gasteiger partial charge on any atom is -0.507 e. The number of nitrogens with zero attached hydrogens (tertiary/aromatic N) is 3. The third-order valence-electron chi connectivity index (χ3n) is 9.06. The van der Waals surface area contributed by atoms with Crippen molar-refractivity contribution in [2.24, 2.45) is 5.92 Å². The molecule has 14 heteroatoms. The molecular weight excluding hydrogens is 620 g/mol. The van der Waals surface area contributed by atoms with Crippen LogP contribution in [0.3, 0.4) is 0 Å². The number of ether oxygens (including phenoxy) is 1. The van der Waals surface area contributed by atoms with Crippen molar-refractivity contribution in [1.82, 2.24) is 9.88 Å². The summed E-state index contributed by atoms with van der Waals surface area (Å²) in [6, 6.07) is 8.62. The van der Waals surface area contributed by atoms with Crippen molar-refractivity contribution >= 4 is 17.9 Å². The maximum absolute atomic E-state index is 13.6. The summed E-state index contributed by atoms with van der Waals surface area (Å²) < 4.78 is 86.7. The number of carbonyl (C=O) groups is 2. The van der Waals surface area contributed by atoms with Crippen LogP contribution in [0.15, 0.2) is 48.5 Å². The number of pyridine rings is 1. The second-order valence-electron chi connectivity index (χ2n) is 12.0. The van der Waals surface area contributed by atoms with Crippen LogP contribution in [0.25, 0.3) is 11.1 Å². The first-order valence-corrected chi connectivity index (χ1v) is 14.7. The second-order valence-corrected chi connectivity index (χ2v) is 12.0. The molecule has 2 N–H and O–H groups in total. The molecule has 0 radical (unpaired) electrons. The number of phenolic OH excluding ortho intramolecular Hbond substituents is 1. The van der Waals surface area contributed by atoms with Gasteiger partial charge in [0.15, 0.2) is 0 Å². The number of carbonyl (C=O) groups excluding carboxylic acids is 1. The Morgan fingerprint density at radius 1 is 0.935 bits per heavy atom. The highest BCUT2D eigenvalue weighted by atomic mass is 19.4. The fraction of sp³-hybridized carbons (Fsp3) is 0.406. The number of alkyl halides is 6. The van der Waals surface area contributed by atoms with Crippen molar-refractivity contribution in [2.75, 3.05) is 18.0 Å². The van der Waals surface area contributed by atoms with E-state index in [1.165, 1.54) is 17.9 Å². The standard InChI is InChI=1S/C32H29F6N3O5/c1-16-28(19-11-21(31(33,34)35)14-22(12-19)32(36,37)38)46-30(45)41(16)15-25-23(4-6-27(39-25)40-7-2-8-40)24-13-17(3-5-26(24)42)18-9-20(10-18)29(43)44/h3-6,11-14,16,18,20,28,42H,2,7-10,15H2,1H3,(H,43,44)/t16-,18-,20+,28-/m0/s1. The van der Waals surface area contributed by atoms with Crippen molar-refractivity contribution < 1.29 is 50.9 Å². The molecular formula is C32H29F6N3O5. The number of aromatic nitrogens is 1. The van der Waals surface area contributed by atoms with Crippen LogP contribution in [-0.2, 0) is 28.4 Å². The molecule has 8 nitrogen and oxygen atoms in total. The zero-order valence-corrected chi connectivity index (χ0v) is 24.4. The Hall–Kier alpha value is -4.49. The van der Waals surface area contributed by atoms with Crippen LogP contribution in [0.2, 0.25) is 0 Å². The van der Waals surface area contributed by atoms with E-state index in [4.69, 9.17) is 9.72 Å². The number of hydrogen-bond acceptors (Lipinski definition) is 6. The average Bonchev–Trinajstić information content (AvgIpc) is 3.19. The number of carboxylic acid groups (broad SMARTS) is 1. The predicted octanol–water partition coefficient (Wildman–Crippen LogP) is 7.36. The lowest BCUT2D eigenvalue weighted by atomic mass is 9.71. The molecule has 0 spiro atoms. The van der Waals surface area contributed by atoms with E-state index in [0.717, 1.165) is 25.1 Å². The van der Waals surface area contributed by atoms with E-state index in [2.05, 4.69) is 0 Å². The lowest BCUT2D eigenvalue weighted by molar-refractivity contribution is -0.145. The number of aromatic hydroxyl groups is 1. The van der Waals surface area contributed by atoms with Gasteiger partial charge in [-0.2, -0.15) is 26.3 Å². The number of carboxylic acids is 1. The molecule has 2 atom stereocenters. The Bertz CT molecular complexity index is 1650. The SMILES string of the molecule is C[C@H]1[C@@H](c2cc(C(F)(F)F)cc(C(F)(F)F)c2)OC(=O)N1Cc1nc(N2CCC2)ccc1-c1cc([C@H]2C[C@@H](C(=O)O)C2)ccc1O. The second kappa shape index (κ2) is 11.4. The van der Waals surface area contributed by atoms with Crippen LogP contribution in [0.4, 0.5) is 37.0 Å². The lowest BCUT2D eigenvalue weighted by Crippen LogP contribution is -2.38. The van der Waals surface area contributed by atoms with Gasteiger partial charge in [0.25, 0.3) is 0 Å². The van der Waals surface area contributed by atoms with Gasteiger partial charge < -0.3 is 19.8 Å². The van der Waals surface area contributed by atoms with E-state index in [1.54, 1.807) is 24.3 Å². The van der Waals surface area contributed by atoms with Gasteiger partial charge in [0.1, 0.15) is 17.7 Å². The highest BCUT2D eigenvalue weighted by molar-refractivity contribution is 5.76. The van der Waals surface area contributed by atoms with Crippen molar-refractivity contribution in [3.8, 4) is 16.9 Å². The largest absolute Gasteiger partial charge is 0.507 e. The van der Waals surface area contributed by atoms with Crippen molar-refractivity contribution in [3.05, 3.63) is 76.5 Å². The third-order valence-corrected chi connectivity index (χ3v) is 9.06. The van der Waals surface area contributed by atoms with Crippen LogP contribution in [-0.4, -0.2) is 51.3 Å². The van der Waals surface area contributed by atoms with Crippen LogP contribution in [0, 0.1) is 5.92 Å². The van der Waals surface area contributed by atoms with E-state index in [0.29, 0.717) is 47.6 Å². The van der Waals surface area contributed by atoms with Crippen LogP contribution in [0.1, 0.15) is 66.2 Å². The minimum absolute atomic E-state index is 0.0200. The maximum Gasteiger partial charge on any atom is 0.416 e. The summed E-state index contributed by atoms with van der Waals surface area (Å²) in [7, 11) is 0. The number of cyclic esters (lactones) is 1. The minimum atomic E-state index is -5.07. The first-order valence-electron chi connectivity index (χ1n) is 14.7. The predicted molar refractivity (Wildman–Crippen MR) is 152 cm³/mol. The molecule has 1 aromatic heterocycles. The van der Waals surface area contributed by atoms with Gasteiger partial charge in [0.05, 0.1) is 35.3 Å². The van der Waals surface area contributed by atoms with E-state index < -0.39 is 59.2 Å². The first-order chi connectivity index (χ1) is 21.6. The van der Waals surface area contributed by atoms with Gasteiger partial charge in [-0.3, -0.25) is 9.69 Å². The van der Waals surface area contributed by atoms with Gasteiger partial charge in [-0.25, -0.2) is 9.78 Å². The Labute approximate surface area is 259 Å². The molecule has 1 amide bonds. The Morgan fingerprint density at radius 3 is 2.15 bits per heavy atom. The number of anilines is 1. The summed E-state index contributed by atoms with van der Waals surface area (Å²) in [5.74, 6) is -0.826. The van der Waals surface area contributed by atoms with Crippen LogP contribution in [0.5, 0.6) is 5.75 Å². The van der Waals surface area contributed by atoms with Crippen molar-refractivity contribution in [3.63, 3.8) is 0 Å². The van der Waals surface area contributed by atoms with Crippen molar-refractivity contribution in [2.45, 2.75) is 63.1 Å². The molecule has 3 fully saturated rings. The topological polar surface area (TPSA) is 103 Å². The fourth-order valence-electron chi connectivity index (χ4n) is 6.16. The third kappa shape index (κ3) is 5.92. The summed E-state index contributed by atoms with van der Waals surface area (Å²) in [6.45, 7) is 2.75.